The first-order valence-electron chi connectivity index (χ1n) is 47.7. The number of methoxy groups -OCH3 is 2. The maximum Gasteiger partial charge on any atom is 2.00 e. The van der Waals surface area contributed by atoms with Gasteiger partial charge in [0.15, 0.2) is 0 Å². The van der Waals surface area contributed by atoms with Crippen LogP contribution in [0.3, 0.4) is 0 Å². The van der Waals surface area contributed by atoms with E-state index in [-0.39, 0.29) is 56.0 Å². The van der Waals surface area contributed by atoms with E-state index in [0.717, 1.165) is 143 Å². The molecule has 9 aromatic heterocycles. The van der Waals surface area contributed by atoms with Crippen LogP contribution in [-0.2, 0) is 56.0 Å². The van der Waals surface area contributed by atoms with Gasteiger partial charge in [0.1, 0.15) is 11.5 Å². The minimum Gasteiger partial charge on any atom is -0.497 e. The molecule has 707 valence electrons. The summed E-state index contributed by atoms with van der Waals surface area (Å²) in [6.45, 7) is 16.0. The maximum absolute atomic E-state index is 4.95. The third-order valence-corrected chi connectivity index (χ3v) is 23.9. The van der Waals surface area contributed by atoms with Crippen LogP contribution in [0.5, 0.6) is 11.5 Å². The topological polar surface area (TPSA) is 335 Å². The SMILES string of the molecule is CC.CC.CC.CC.COc1ccccc1.COc1ccccc1.[Cu+2].[Zn+2].[Zn+2].c1ccc2c(c1)-c1nc-2nc2[n-]c(nc3nc(nc4[n-]c(n1)c1ccccc41)-c1ccccc1-3)c1ccccc21.c1ccc2c(c1)-c1nc-2nc2[n-]c(nc3nc(nc4[n-]c(n1)c1ccccc41)-c1ccccc1-3)c1ccccc21.c1ccc2c(c1)-c1nc-2nc2[n-]c(nc3nc(nc4[n-]c(n1)c1ccccc41)-c1ccccc1-3)c1ccccc21. The van der Waals surface area contributed by atoms with Gasteiger partial charge in [-0.2, -0.15) is 0 Å². The van der Waals surface area contributed by atoms with Gasteiger partial charge in [0, 0.05) is 135 Å². The zero-order valence-electron chi connectivity index (χ0n) is 81.8. The minimum atomic E-state index is 0. The van der Waals surface area contributed by atoms with Crippen LogP contribution in [0.1, 0.15) is 55.4 Å². The van der Waals surface area contributed by atoms with Crippen LogP contribution in [0.25, 0.3) is 269 Å². The summed E-state index contributed by atoms with van der Waals surface area (Å²) in [6, 6.07) is 115. The molecule has 0 atom stereocenters. The number of hydrogen-bond donors (Lipinski definition) is 0. The van der Waals surface area contributed by atoms with Crippen molar-refractivity contribution in [2.75, 3.05) is 14.2 Å². The van der Waals surface area contributed by atoms with Gasteiger partial charge in [-0.3, -0.25) is 0 Å². The van der Waals surface area contributed by atoms with Crippen molar-refractivity contribution in [3.63, 3.8) is 0 Å². The Hall–Kier alpha value is -17.5. The molecule has 147 heavy (non-hydrogen) atoms. The van der Waals surface area contributed by atoms with Crippen molar-refractivity contribution >= 4 is 132 Å². The second kappa shape index (κ2) is 44.6. The molecule has 23 aromatic rings. The number of benzene rings is 14. The number of hydrogen-bond acceptors (Lipinski definition) is 20. The Labute approximate surface area is 880 Å². The summed E-state index contributed by atoms with van der Waals surface area (Å²) < 4.78 is 9.83. The molecule has 0 unspecified atom stereocenters. The van der Waals surface area contributed by atoms with Crippen molar-refractivity contribution in [3.8, 4) is 148 Å². The fraction of sp³-hybridized carbons (Fsp3) is 0.0847. The standard InChI is InChI=1S/3C32H16N8.2C7H8O.4C2H6.Cu.2Zn/c3*1-2-10-18-17(9-1)25-33-26(18)38-28-21-13-5-6-14-22(21)30(35-28)40-32-24-16-8-7-15-23(24)31(36-32)39-29-20-12-4-3-11-19(20)27(34-29)37-25;2*1-8-7-5-3-2-4-6-7;4*1-2;;;/h3*1-16H;2*2-6H,1H3;4*1-2H3;;;/q3*-2;;;;;;;3*+2. The minimum absolute atomic E-state index is 0. The normalized spacial score (nSPS) is 10.9. The Morgan fingerprint density at radius 1 is 0.136 bits per heavy atom. The quantitative estimate of drug-likeness (QED) is 0.145. The molecule has 0 fully saturated rings. The maximum atomic E-state index is 4.95. The molecule has 6 aliphatic rings. The van der Waals surface area contributed by atoms with Gasteiger partial charge in [0.25, 0.3) is 0 Å². The third-order valence-electron chi connectivity index (χ3n) is 23.9. The van der Waals surface area contributed by atoms with Crippen molar-refractivity contribution in [2.24, 2.45) is 0 Å². The third kappa shape index (κ3) is 19.3. The molecule has 26 nitrogen and oxygen atoms in total. The van der Waals surface area contributed by atoms with Crippen LogP contribution in [0, 0.1) is 0 Å². The zero-order chi connectivity index (χ0) is 98.3. The van der Waals surface area contributed by atoms with Gasteiger partial charge in [-0.15, -0.1) is 0 Å². The van der Waals surface area contributed by atoms with Crippen LogP contribution in [0.15, 0.2) is 352 Å². The first-order chi connectivity index (χ1) is 71.3. The van der Waals surface area contributed by atoms with Crippen molar-refractivity contribution in [3.05, 3.63) is 352 Å². The summed E-state index contributed by atoms with van der Waals surface area (Å²) in [5.41, 5.74) is 17.3. The molecule has 24 bridgehead atoms. The van der Waals surface area contributed by atoms with Crippen molar-refractivity contribution in [1.82, 2.24) is 120 Å². The van der Waals surface area contributed by atoms with Gasteiger partial charge >= 0.3 is 56.0 Å². The van der Waals surface area contributed by atoms with Gasteiger partial charge in [0.05, 0.1) is 84.1 Å². The zero-order valence-corrected chi connectivity index (χ0v) is 88.6. The second-order valence-corrected chi connectivity index (χ2v) is 32.0. The van der Waals surface area contributed by atoms with Crippen LogP contribution in [-0.4, -0.2) is 104 Å². The molecule has 14 aromatic carbocycles. The fourth-order valence-corrected chi connectivity index (χ4v) is 17.5. The van der Waals surface area contributed by atoms with Crippen molar-refractivity contribution in [2.45, 2.75) is 55.4 Å². The predicted octanol–water partition coefficient (Wildman–Crippen LogP) is 25.9. The molecule has 0 saturated heterocycles. The van der Waals surface area contributed by atoms with Crippen LogP contribution < -0.4 is 39.4 Å². The summed E-state index contributed by atoms with van der Waals surface area (Å²) in [7, 11) is 3.32. The monoisotopic (exact) mass is 2060 g/mol. The fourth-order valence-electron chi connectivity index (χ4n) is 17.5. The Morgan fingerprint density at radius 2 is 0.231 bits per heavy atom. The Balaban J connectivity index is 0.000000128. The summed E-state index contributed by atoms with van der Waals surface area (Å²) in [5, 5.41) is 10.7. The van der Waals surface area contributed by atoms with Gasteiger partial charge in [-0.05, 0) is 88.9 Å². The van der Waals surface area contributed by atoms with Gasteiger partial charge in [-0.25, -0.2) is 29.9 Å². The van der Waals surface area contributed by atoms with Gasteiger partial charge in [0.2, 0.25) is 0 Å². The number of fused-ring (bicyclic) bond motifs is 60. The predicted molar refractivity (Wildman–Crippen MR) is 573 cm³/mol. The van der Waals surface area contributed by atoms with E-state index in [4.69, 9.17) is 129 Å². The van der Waals surface area contributed by atoms with E-state index < -0.39 is 0 Å². The van der Waals surface area contributed by atoms with E-state index >= 15 is 0 Å². The Morgan fingerprint density at radius 3 is 0.327 bits per heavy atom. The molecule has 0 N–H and O–H groups in total. The average Bonchev–Trinajstić information content (AvgIpc) is 1.60. The number of aromatic nitrogens is 24. The Bertz CT molecular complexity index is 7650. The molecule has 0 saturated carbocycles. The molecule has 0 amide bonds. The molecular formula is C118H88CuN24O2Zn2. The summed E-state index contributed by atoms with van der Waals surface area (Å²) in [4.78, 5) is 118. The molecule has 29 heteroatoms. The van der Waals surface area contributed by atoms with E-state index in [1.54, 1.807) is 14.2 Å². The van der Waals surface area contributed by atoms with Gasteiger partial charge < -0.3 is 99.2 Å². The number of para-hydroxylation sites is 2. The van der Waals surface area contributed by atoms with Crippen LogP contribution in [0.4, 0.5) is 0 Å². The average molecular weight is 2070 g/mol. The molecule has 1 radical (unpaired) electrons. The molecular weight excluding hydrogens is 1980 g/mol. The molecule has 0 aliphatic carbocycles. The molecule has 29 rings (SSSR count). The number of nitrogens with zero attached hydrogens (tertiary/aromatic N) is 24. The smallest absolute Gasteiger partial charge is 0.497 e. The van der Waals surface area contributed by atoms with E-state index in [0.29, 0.717) is 138 Å². The van der Waals surface area contributed by atoms with Gasteiger partial charge in [-0.1, -0.05) is 383 Å². The summed E-state index contributed by atoms with van der Waals surface area (Å²) >= 11 is 0. The molecule has 15 heterocycles. The first-order valence-corrected chi connectivity index (χ1v) is 47.7. The second-order valence-electron chi connectivity index (χ2n) is 32.0. The Kier molecular flexibility index (Phi) is 30.2. The summed E-state index contributed by atoms with van der Waals surface area (Å²) in [6.07, 6.45) is 0. The van der Waals surface area contributed by atoms with Crippen LogP contribution in [0.2, 0.25) is 0 Å². The number of ether oxygens (including phenoxy) is 2. The van der Waals surface area contributed by atoms with E-state index in [9.17, 15) is 0 Å². The van der Waals surface area contributed by atoms with Crippen LogP contribution >= 0.6 is 0 Å². The van der Waals surface area contributed by atoms with E-state index in [1.807, 2.05) is 407 Å². The van der Waals surface area contributed by atoms with E-state index in [2.05, 4.69) is 0 Å². The number of rotatable bonds is 2. The first kappa shape index (κ1) is 99.7. The molecule has 6 aliphatic heterocycles. The van der Waals surface area contributed by atoms with E-state index in [1.165, 1.54) is 0 Å². The van der Waals surface area contributed by atoms with Crippen molar-refractivity contribution in [1.29, 1.82) is 0 Å². The largest absolute Gasteiger partial charge is 2.00 e. The summed E-state index contributed by atoms with van der Waals surface area (Å²) in [5.74, 6) is 8.44. The van der Waals surface area contributed by atoms with Crippen molar-refractivity contribution < 1.29 is 65.5 Å². The molecule has 0 spiro atoms.